The first-order valence-corrected chi connectivity index (χ1v) is 26.0. The van der Waals surface area contributed by atoms with Crippen LogP contribution in [0.5, 0.6) is 0 Å². The van der Waals surface area contributed by atoms with E-state index in [1.54, 1.807) is 30.3 Å². The van der Waals surface area contributed by atoms with Crippen LogP contribution in [0.3, 0.4) is 0 Å². The number of aliphatic hydroxyl groups excluding tert-OH is 2. The van der Waals surface area contributed by atoms with Gasteiger partial charge in [0, 0.05) is 43.3 Å². The van der Waals surface area contributed by atoms with Crippen LogP contribution in [0.15, 0.2) is 41.3 Å². The van der Waals surface area contributed by atoms with E-state index < -0.39 is 47.5 Å². The number of nitrogens with zero attached hydrogens (tertiary/aromatic N) is 1. The first-order valence-electron chi connectivity index (χ1n) is 15.5. The third kappa shape index (κ3) is 13.7. The Morgan fingerprint density at radius 3 is 1.80 bits per heavy atom. The predicted octanol–water partition coefficient (Wildman–Crippen LogP) is 5.61. The molecule has 2 rings (SSSR count). The first kappa shape index (κ1) is 39.0. The average molecular weight is 690 g/mol. The minimum Gasteiger partial charge on any atom is -0.437 e. The van der Waals surface area contributed by atoms with E-state index in [-0.39, 0.29) is 11.5 Å². The van der Waals surface area contributed by atoms with E-state index in [1.165, 1.54) is 6.07 Å². The summed E-state index contributed by atoms with van der Waals surface area (Å²) in [5.74, 6) is 0. The smallest absolute Gasteiger partial charge is 0.311 e. The topological polar surface area (TPSA) is 135 Å². The molecule has 0 amide bonds. The summed E-state index contributed by atoms with van der Waals surface area (Å²) in [6.07, 6.45) is 1.31. The van der Waals surface area contributed by atoms with Crippen molar-refractivity contribution in [3.05, 3.63) is 36.4 Å². The Kier molecular flexibility index (Phi) is 15.2. The van der Waals surface area contributed by atoms with Gasteiger partial charge >= 0.3 is 8.56 Å². The molecule has 2 aromatic rings. The van der Waals surface area contributed by atoms with E-state index in [4.69, 9.17) is 17.7 Å². The molecule has 0 radical (unpaired) electrons. The van der Waals surface area contributed by atoms with Crippen LogP contribution in [-0.4, -0.2) is 101 Å². The van der Waals surface area contributed by atoms with E-state index in [9.17, 15) is 23.2 Å². The van der Waals surface area contributed by atoms with Crippen molar-refractivity contribution in [3.8, 4) is 0 Å². The van der Waals surface area contributed by atoms with Crippen LogP contribution < -0.4 is 4.90 Å². The second kappa shape index (κ2) is 17.1. The van der Waals surface area contributed by atoms with Crippen molar-refractivity contribution in [3.63, 3.8) is 0 Å². The Bertz CT molecular complexity index is 1280. The number of likely N-dealkylation sites (N-methyl/N-ethyl adjacent to an activating group) is 1. The number of hydrogen-bond acceptors (Lipinski definition) is 9. The van der Waals surface area contributed by atoms with Crippen LogP contribution in [0.2, 0.25) is 51.4 Å². The molecule has 10 nitrogen and oxygen atoms in total. The molecule has 0 heterocycles. The van der Waals surface area contributed by atoms with Crippen molar-refractivity contribution >= 4 is 51.8 Å². The second-order valence-electron chi connectivity index (χ2n) is 13.2. The van der Waals surface area contributed by atoms with Gasteiger partial charge in [0.15, 0.2) is 16.6 Å². The SMILES string of the molecule is CCC(O)COCCC[Si](C)(C)O[Si](C)(C)O[Si](C)(C)CCCOCC(O)CN(C)c1ccc(S(=O)(=O)O)c2ccccc12. The van der Waals surface area contributed by atoms with Gasteiger partial charge in [-0.05, 0) is 82.8 Å². The zero-order valence-corrected chi connectivity index (χ0v) is 31.7. The molecule has 14 heteroatoms. The quantitative estimate of drug-likeness (QED) is 0.0862. The summed E-state index contributed by atoms with van der Waals surface area (Å²) >= 11 is 0. The van der Waals surface area contributed by atoms with Gasteiger partial charge in [0.25, 0.3) is 10.1 Å². The molecule has 0 saturated carbocycles. The van der Waals surface area contributed by atoms with E-state index >= 15 is 0 Å². The molecule has 2 unspecified atom stereocenters. The Balaban J connectivity index is 1.76. The van der Waals surface area contributed by atoms with Crippen LogP contribution in [-0.2, 0) is 27.8 Å². The lowest BCUT2D eigenvalue weighted by Crippen LogP contribution is -2.52. The maximum atomic E-state index is 11.8. The van der Waals surface area contributed by atoms with Crippen molar-refractivity contribution < 1.29 is 40.9 Å². The van der Waals surface area contributed by atoms with Crippen molar-refractivity contribution in [2.75, 3.05) is 44.9 Å². The highest BCUT2D eigenvalue weighted by atomic mass is 32.2. The third-order valence-corrected chi connectivity index (χ3v) is 19.7. The molecule has 252 valence electrons. The molecule has 0 spiro atoms. The largest absolute Gasteiger partial charge is 0.437 e. The van der Waals surface area contributed by atoms with Gasteiger partial charge in [0.05, 0.1) is 25.4 Å². The number of ether oxygens (including phenoxy) is 2. The number of aliphatic hydroxyl groups is 2. The Labute approximate surface area is 267 Å². The monoisotopic (exact) mass is 689 g/mol. The van der Waals surface area contributed by atoms with Crippen LogP contribution >= 0.6 is 0 Å². The van der Waals surface area contributed by atoms with Gasteiger partial charge in [0.2, 0.25) is 0 Å². The fourth-order valence-electron chi connectivity index (χ4n) is 5.49. The fourth-order valence-corrected chi connectivity index (χ4v) is 20.2. The molecule has 44 heavy (non-hydrogen) atoms. The Morgan fingerprint density at radius 1 is 0.795 bits per heavy atom. The lowest BCUT2D eigenvalue weighted by atomic mass is 10.1. The zero-order valence-electron chi connectivity index (χ0n) is 27.8. The molecule has 0 aliphatic rings. The van der Waals surface area contributed by atoms with Gasteiger partial charge in [-0.2, -0.15) is 8.42 Å². The number of hydrogen-bond donors (Lipinski definition) is 3. The molecule has 0 bridgehead atoms. The standard InChI is InChI=1S/C30H55NO9SSi3/c1-9-25(32)23-37-18-12-20-42(3,4)39-44(7,8)40-43(5,6)21-13-19-38-24-26(33)22-31(2)29-16-17-30(41(34,35)36)28-15-11-10-14-27(28)29/h10-11,14-17,25-26,32-33H,9,12-13,18-24H2,1-8H3,(H,34,35,36). The van der Waals surface area contributed by atoms with Crippen molar-refractivity contribution in [2.24, 2.45) is 0 Å². The molecule has 0 aliphatic heterocycles. The van der Waals surface area contributed by atoms with Crippen LogP contribution in [0, 0.1) is 0 Å². The normalized spacial score (nSPS) is 14.6. The highest BCUT2D eigenvalue weighted by Crippen LogP contribution is 2.31. The van der Waals surface area contributed by atoms with Crippen molar-refractivity contribution in [1.29, 1.82) is 0 Å². The van der Waals surface area contributed by atoms with Gasteiger partial charge in [0.1, 0.15) is 4.90 Å². The van der Waals surface area contributed by atoms with E-state index in [0.29, 0.717) is 43.6 Å². The number of benzene rings is 2. The molecule has 0 aliphatic carbocycles. The van der Waals surface area contributed by atoms with Crippen molar-refractivity contribution in [1.82, 2.24) is 0 Å². The summed E-state index contributed by atoms with van der Waals surface area (Å²) in [5.41, 5.74) is 0.748. The number of anilines is 1. The highest BCUT2D eigenvalue weighted by Gasteiger charge is 2.39. The molecular weight excluding hydrogens is 635 g/mol. The molecule has 2 aromatic carbocycles. The third-order valence-electron chi connectivity index (χ3n) is 7.31. The summed E-state index contributed by atoms with van der Waals surface area (Å²) < 4.78 is 58.0. The minimum absolute atomic E-state index is 0.140. The van der Waals surface area contributed by atoms with E-state index in [1.807, 2.05) is 18.9 Å². The summed E-state index contributed by atoms with van der Waals surface area (Å²) in [4.78, 5) is 1.72. The number of rotatable bonds is 21. The summed E-state index contributed by atoms with van der Waals surface area (Å²) in [7, 11) is -8.78. The van der Waals surface area contributed by atoms with Crippen LogP contribution in [0.25, 0.3) is 10.8 Å². The molecular formula is C30H55NO9SSi3. The van der Waals surface area contributed by atoms with E-state index in [2.05, 4.69) is 39.3 Å². The van der Waals surface area contributed by atoms with Gasteiger partial charge in [-0.15, -0.1) is 0 Å². The minimum atomic E-state index is -4.36. The molecule has 0 saturated heterocycles. The van der Waals surface area contributed by atoms with Gasteiger partial charge < -0.3 is 32.8 Å². The molecule has 0 aromatic heterocycles. The average Bonchev–Trinajstić information content (AvgIpc) is 2.89. The Hall–Kier alpha value is -1.18. The second-order valence-corrected chi connectivity index (χ2v) is 27.0. The van der Waals surface area contributed by atoms with Crippen LogP contribution in [0.1, 0.15) is 26.2 Å². The molecule has 0 fully saturated rings. The molecule has 2 atom stereocenters. The summed E-state index contributed by atoms with van der Waals surface area (Å²) in [6, 6.07) is 11.9. The van der Waals surface area contributed by atoms with Gasteiger partial charge in [-0.3, -0.25) is 4.55 Å². The fraction of sp³-hybridized carbons (Fsp3) is 0.667. The maximum absolute atomic E-state index is 11.8. The highest BCUT2D eigenvalue weighted by molar-refractivity contribution is 7.86. The van der Waals surface area contributed by atoms with E-state index in [0.717, 1.165) is 30.6 Å². The first-order chi connectivity index (χ1) is 20.4. The number of fused-ring (bicyclic) bond motifs is 1. The van der Waals surface area contributed by atoms with Crippen molar-refractivity contribution in [2.45, 2.75) is 94.7 Å². The summed E-state index contributed by atoms with van der Waals surface area (Å²) in [5, 5.41) is 21.4. The zero-order chi connectivity index (χ0) is 33.2. The predicted molar refractivity (Wildman–Crippen MR) is 184 cm³/mol. The van der Waals surface area contributed by atoms with Gasteiger partial charge in [-0.25, -0.2) is 0 Å². The molecule has 3 N–H and O–H groups in total. The van der Waals surface area contributed by atoms with Gasteiger partial charge in [-0.1, -0.05) is 31.2 Å². The maximum Gasteiger partial charge on any atom is 0.311 e. The lowest BCUT2D eigenvalue weighted by molar-refractivity contribution is 0.0351. The summed E-state index contributed by atoms with van der Waals surface area (Å²) in [6.45, 7) is 17.1. The Morgan fingerprint density at radius 2 is 1.30 bits per heavy atom. The van der Waals surface area contributed by atoms with Crippen LogP contribution in [0.4, 0.5) is 5.69 Å². The lowest BCUT2D eigenvalue weighted by Gasteiger charge is -2.38.